The van der Waals surface area contributed by atoms with Crippen LogP contribution >= 0.6 is 0 Å². The molecular weight excluding hydrogens is 240 g/mol. The molecule has 0 aromatic rings. The predicted octanol–water partition coefficient (Wildman–Crippen LogP) is 1.85. The Morgan fingerprint density at radius 1 is 1.21 bits per heavy atom. The van der Waals surface area contributed by atoms with E-state index in [4.69, 9.17) is 4.74 Å². The fourth-order valence-electron chi connectivity index (χ4n) is 2.49. The van der Waals surface area contributed by atoms with Crippen molar-refractivity contribution in [1.82, 2.24) is 9.80 Å². The van der Waals surface area contributed by atoms with Crippen LogP contribution in [0.1, 0.15) is 34.1 Å². The van der Waals surface area contributed by atoms with Crippen LogP contribution in [0, 0.1) is 11.3 Å². The second-order valence-corrected chi connectivity index (χ2v) is 6.98. The number of hydrogen-bond acceptors (Lipinski definition) is 4. The molecule has 0 aromatic heterocycles. The zero-order valence-electron chi connectivity index (χ0n) is 13.2. The maximum absolute atomic E-state index is 11.9. The first-order valence-electron chi connectivity index (χ1n) is 7.35. The molecule has 0 saturated carbocycles. The summed E-state index contributed by atoms with van der Waals surface area (Å²) >= 11 is 0. The van der Waals surface area contributed by atoms with Crippen LogP contribution in [0.15, 0.2) is 0 Å². The standard InChI is InChI=1S/C15H30N2O2/c1-13(12-15(2,3)4)14(18)19-11-10-17-8-6-16(5)7-9-17/h13H,6-12H2,1-5H3. The number of nitrogens with zero attached hydrogens (tertiary/aromatic N) is 2. The zero-order chi connectivity index (χ0) is 14.5. The first-order chi connectivity index (χ1) is 8.78. The van der Waals surface area contributed by atoms with E-state index >= 15 is 0 Å². The third kappa shape index (κ3) is 6.92. The van der Waals surface area contributed by atoms with E-state index in [2.05, 4.69) is 37.6 Å². The van der Waals surface area contributed by atoms with Crippen molar-refractivity contribution in [2.24, 2.45) is 11.3 Å². The molecule has 0 aromatic carbocycles. The second-order valence-electron chi connectivity index (χ2n) is 6.98. The fourth-order valence-corrected chi connectivity index (χ4v) is 2.49. The molecule has 4 nitrogen and oxygen atoms in total. The van der Waals surface area contributed by atoms with Crippen LogP contribution in [-0.4, -0.2) is 62.1 Å². The first-order valence-corrected chi connectivity index (χ1v) is 7.35. The summed E-state index contributed by atoms with van der Waals surface area (Å²) in [6.45, 7) is 14.2. The fraction of sp³-hybridized carbons (Fsp3) is 0.933. The molecule has 112 valence electrons. The van der Waals surface area contributed by atoms with Crippen molar-refractivity contribution in [1.29, 1.82) is 0 Å². The second kappa shape index (κ2) is 7.25. The number of hydrogen-bond donors (Lipinski definition) is 0. The van der Waals surface area contributed by atoms with Gasteiger partial charge in [-0.15, -0.1) is 0 Å². The van der Waals surface area contributed by atoms with Gasteiger partial charge in [-0.3, -0.25) is 9.69 Å². The zero-order valence-corrected chi connectivity index (χ0v) is 13.2. The molecule has 0 bridgehead atoms. The Labute approximate surface area is 118 Å². The van der Waals surface area contributed by atoms with Gasteiger partial charge < -0.3 is 9.64 Å². The molecule has 0 N–H and O–H groups in total. The Kier molecular flexibility index (Phi) is 6.27. The summed E-state index contributed by atoms with van der Waals surface area (Å²) in [6.07, 6.45) is 0.875. The molecule has 1 saturated heterocycles. The lowest BCUT2D eigenvalue weighted by Gasteiger charge is -2.32. The van der Waals surface area contributed by atoms with E-state index in [1.165, 1.54) is 0 Å². The van der Waals surface area contributed by atoms with Gasteiger partial charge in [-0.1, -0.05) is 27.7 Å². The van der Waals surface area contributed by atoms with Gasteiger partial charge >= 0.3 is 5.97 Å². The van der Waals surface area contributed by atoms with Crippen LogP contribution in [0.25, 0.3) is 0 Å². The van der Waals surface area contributed by atoms with Crippen molar-refractivity contribution in [3.8, 4) is 0 Å². The minimum absolute atomic E-state index is 0.00695. The molecule has 4 heteroatoms. The van der Waals surface area contributed by atoms with Crippen molar-refractivity contribution in [2.75, 3.05) is 46.4 Å². The van der Waals surface area contributed by atoms with Crippen LogP contribution in [0.5, 0.6) is 0 Å². The lowest BCUT2D eigenvalue weighted by Crippen LogP contribution is -2.45. The minimum atomic E-state index is -0.0518. The molecule has 1 rings (SSSR count). The third-order valence-corrected chi connectivity index (χ3v) is 3.57. The van der Waals surface area contributed by atoms with Crippen molar-refractivity contribution >= 4 is 5.97 Å². The van der Waals surface area contributed by atoms with Gasteiger partial charge in [0.25, 0.3) is 0 Å². The van der Waals surface area contributed by atoms with Crippen LogP contribution in [0.4, 0.5) is 0 Å². The Balaban J connectivity index is 2.16. The summed E-state index contributed by atoms with van der Waals surface area (Å²) < 4.78 is 5.39. The highest BCUT2D eigenvalue weighted by molar-refractivity contribution is 5.72. The maximum atomic E-state index is 11.9. The summed E-state index contributed by atoms with van der Waals surface area (Å²) in [6, 6.07) is 0. The summed E-state index contributed by atoms with van der Waals surface area (Å²) in [7, 11) is 2.14. The number of carbonyl (C=O) groups excluding carboxylic acids is 1. The highest BCUT2D eigenvalue weighted by Crippen LogP contribution is 2.24. The van der Waals surface area contributed by atoms with E-state index in [9.17, 15) is 4.79 Å². The van der Waals surface area contributed by atoms with Crippen molar-refractivity contribution in [3.05, 3.63) is 0 Å². The maximum Gasteiger partial charge on any atom is 0.308 e. The number of ether oxygens (including phenoxy) is 1. The molecule has 1 aliphatic rings. The Morgan fingerprint density at radius 2 is 1.79 bits per heavy atom. The number of esters is 1. The molecule has 1 atom stereocenters. The largest absolute Gasteiger partial charge is 0.464 e. The Morgan fingerprint density at radius 3 is 2.32 bits per heavy atom. The third-order valence-electron chi connectivity index (χ3n) is 3.57. The van der Waals surface area contributed by atoms with Crippen molar-refractivity contribution < 1.29 is 9.53 Å². The van der Waals surface area contributed by atoms with Gasteiger partial charge in [-0.25, -0.2) is 0 Å². The molecule has 1 unspecified atom stereocenters. The molecule has 0 spiro atoms. The molecular formula is C15H30N2O2. The van der Waals surface area contributed by atoms with Crippen molar-refractivity contribution in [3.63, 3.8) is 0 Å². The lowest BCUT2D eigenvalue weighted by atomic mass is 9.85. The molecule has 1 heterocycles. The van der Waals surface area contributed by atoms with Crippen LogP contribution in [-0.2, 0) is 9.53 Å². The van der Waals surface area contributed by atoms with E-state index in [0.717, 1.165) is 39.1 Å². The smallest absolute Gasteiger partial charge is 0.308 e. The van der Waals surface area contributed by atoms with E-state index in [-0.39, 0.29) is 17.3 Å². The molecule has 1 fully saturated rings. The predicted molar refractivity (Wildman–Crippen MR) is 78.1 cm³/mol. The van der Waals surface area contributed by atoms with E-state index in [1.807, 2.05) is 6.92 Å². The summed E-state index contributed by atoms with van der Waals surface area (Å²) in [5, 5.41) is 0. The highest BCUT2D eigenvalue weighted by Gasteiger charge is 2.22. The van der Waals surface area contributed by atoms with Gasteiger partial charge in [0.2, 0.25) is 0 Å². The van der Waals surface area contributed by atoms with Crippen LogP contribution in [0.3, 0.4) is 0 Å². The molecule has 0 amide bonds. The summed E-state index contributed by atoms with van der Waals surface area (Å²) in [5.74, 6) is -0.0588. The van der Waals surface area contributed by atoms with E-state index < -0.39 is 0 Å². The quantitative estimate of drug-likeness (QED) is 0.714. The van der Waals surface area contributed by atoms with Gasteiger partial charge in [0.05, 0.1) is 5.92 Å². The Bertz CT molecular complexity index is 278. The molecule has 0 aliphatic carbocycles. The number of rotatable bonds is 5. The average Bonchev–Trinajstić information content (AvgIpc) is 2.29. The Hall–Kier alpha value is -0.610. The van der Waals surface area contributed by atoms with Gasteiger partial charge in [0.15, 0.2) is 0 Å². The topological polar surface area (TPSA) is 32.8 Å². The van der Waals surface area contributed by atoms with Gasteiger partial charge in [-0.2, -0.15) is 0 Å². The highest BCUT2D eigenvalue weighted by atomic mass is 16.5. The molecule has 0 radical (unpaired) electrons. The van der Waals surface area contributed by atoms with Crippen LogP contribution in [0.2, 0.25) is 0 Å². The van der Waals surface area contributed by atoms with E-state index in [0.29, 0.717) is 6.61 Å². The average molecular weight is 270 g/mol. The van der Waals surface area contributed by atoms with Gasteiger partial charge in [0, 0.05) is 32.7 Å². The molecule has 1 aliphatic heterocycles. The monoisotopic (exact) mass is 270 g/mol. The van der Waals surface area contributed by atoms with Gasteiger partial charge in [-0.05, 0) is 18.9 Å². The first kappa shape index (κ1) is 16.4. The normalized spacial score (nSPS) is 20.3. The number of piperazine rings is 1. The molecule has 19 heavy (non-hydrogen) atoms. The summed E-state index contributed by atoms with van der Waals surface area (Å²) in [4.78, 5) is 16.6. The van der Waals surface area contributed by atoms with E-state index in [1.54, 1.807) is 0 Å². The van der Waals surface area contributed by atoms with Crippen molar-refractivity contribution in [2.45, 2.75) is 34.1 Å². The SMILES string of the molecule is CC(CC(C)(C)C)C(=O)OCCN1CCN(C)CC1. The van der Waals surface area contributed by atoms with Crippen LogP contribution < -0.4 is 0 Å². The minimum Gasteiger partial charge on any atom is -0.464 e. The number of likely N-dealkylation sites (N-methyl/N-ethyl adjacent to an activating group) is 1. The lowest BCUT2D eigenvalue weighted by molar-refractivity contribution is -0.149. The number of carbonyl (C=O) groups is 1. The van der Waals surface area contributed by atoms with Gasteiger partial charge in [0.1, 0.15) is 6.61 Å². The summed E-state index contributed by atoms with van der Waals surface area (Å²) in [5.41, 5.74) is 0.176.